The summed E-state index contributed by atoms with van der Waals surface area (Å²) in [6.07, 6.45) is 11.1. The zero-order valence-electron chi connectivity index (χ0n) is 20.0. The molecule has 0 atom stereocenters. The summed E-state index contributed by atoms with van der Waals surface area (Å²) < 4.78 is 11.7. The van der Waals surface area contributed by atoms with Gasteiger partial charge in [0.05, 0.1) is 18.8 Å². The number of likely N-dealkylation sites (N-methyl/N-ethyl adjacent to an activating group) is 1. The SMILES string of the molecule is COC1CCC(C2CNC(NC3CCC(OCCN(C)CC(C)C)CC3)NC2)CC1. The molecular weight excluding hydrogens is 376 g/mol. The van der Waals surface area contributed by atoms with Crippen LogP contribution < -0.4 is 16.0 Å². The number of hydrogen-bond acceptors (Lipinski definition) is 6. The van der Waals surface area contributed by atoms with Gasteiger partial charge in [-0.05, 0) is 76.2 Å². The molecule has 1 heterocycles. The van der Waals surface area contributed by atoms with E-state index in [2.05, 4.69) is 41.7 Å². The van der Waals surface area contributed by atoms with Crippen LogP contribution in [0.3, 0.4) is 0 Å². The minimum Gasteiger partial charge on any atom is -0.381 e. The van der Waals surface area contributed by atoms with Gasteiger partial charge in [0.2, 0.25) is 0 Å². The fourth-order valence-corrected chi connectivity index (χ4v) is 5.65. The molecule has 0 radical (unpaired) electrons. The van der Waals surface area contributed by atoms with Gasteiger partial charge in [0, 0.05) is 39.3 Å². The summed E-state index contributed by atoms with van der Waals surface area (Å²) in [5.41, 5.74) is 0. The molecule has 2 saturated carbocycles. The predicted octanol–water partition coefficient (Wildman–Crippen LogP) is 2.79. The highest BCUT2D eigenvalue weighted by Gasteiger charge is 2.31. The molecule has 0 unspecified atom stereocenters. The van der Waals surface area contributed by atoms with Crippen molar-refractivity contribution in [3.63, 3.8) is 0 Å². The van der Waals surface area contributed by atoms with Crippen molar-refractivity contribution < 1.29 is 9.47 Å². The van der Waals surface area contributed by atoms with Gasteiger partial charge in [-0.25, -0.2) is 0 Å². The van der Waals surface area contributed by atoms with Gasteiger partial charge >= 0.3 is 0 Å². The summed E-state index contributed by atoms with van der Waals surface area (Å²) in [5, 5.41) is 11.3. The molecule has 6 heteroatoms. The molecule has 0 amide bonds. The van der Waals surface area contributed by atoms with Crippen molar-refractivity contribution in [3.8, 4) is 0 Å². The second-order valence-corrected chi connectivity index (χ2v) is 10.4. The van der Waals surface area contributed by atoms with Crippen LogP contribution in [0, 0.1) is 17.8 Å². The number of rotatable bonds is 10. The molecule has 1 aliphatic heterocycles. The molecule has 0 aromatic rings. The van der Waals surface area contributed by atoms with E-state index in [1.165, 1.54) is 51.4 Å². The Labute approximate surface area is 185 Å². The van der Waals surface area contributed by atoms with Crippen LogP contribution in [0.5, 0.6) is 0 Å². The average Bonchev–Trinajstić information content (AvgIpc) is 2.75. The van der Waals surface area contributed by atoms with E-state index < -0.39 is 0 Å². The van der Waals surface area contributed by atoms with Crippen LogP contribution in [0.2, 0.25) is 0 Å². The average molecular weight is 425 g/mol. The van der Waals surface area contributed by atoms with Gasteiger partial charge in [0.1, 0.15) is 6.29 Å². The number of nitrogens with zero attached hydrogens (tertiary/aromatic N) is 1. The maximum atomic E-state index is 6.16. The van der Waals surface area contributed by atoms with Crippen LogP contribution in [0.25, 0.3) is 0 Å². The predicted molar refractivity (Wildman–Crippen MR) is 124 cm³/mol. The first-order valence-corrected chi connectivity index (χ1v) is 12.6. The van der Waals surface area contributed by atoms with E-state index in [1.807, 2.05) is 7.11 Å². The molecule has 0 bridgehead atoms. The lowest BCUT2D eigenvalue weighted by Crippen LogP contribution is -2.63. The molecule has 3 rings (SSSR count). The fourth-order valence-electron chi connectivity index (χ4n) is 5.65. The Balaban J connectivity index is 1.25. The number of nitrogens with one attached hydrogen (secondary N) is 3. The van der Waals surface area contributed by atoms with Crippen molar-refractivity contribution in [1.29, 1.82) is 0 Å². The molecule has 2 aliphatic carbocycles. The van der Waals surface area contributed by atoms with E-state index in [1.54, 1.807) is 0 Å². The lowest BCUT2D eigenvalue weighted by Gasteiger charge is -2.40. The third kappa shape index (κ3) is 8.03. The van der Waals surface area contributed by atoms with Crippen LogP contribution in [0.1, 0.15) is 65.2 Å². The molecule has 3 fully saturated rings. The summed E-state index contributed by atoms with van der Waals surface area (Å²) in [6.45, 7) is 9.87. The van der Waals surface area contributed by atoms with E-state index >= 15 is 0 Å². The topological polar surface area (TPSA) is 57.8 Å². The van der Waals surface area contributed by atoms with Gasteiger partial charge in [0.25, 0.3) is 0 Å². The minimum absolute atomic E-state index is 0.267. The van der Waals surface area contributed by atoms with Crippen LogP contribution in [0.4, 0.5) is 0 Å². The van der Waals surface area contributed by atoms with Gasteiger partial charge in [-0.15, -0.1) is 0 Å². The van der Waals surface area contributed by atoms with Gasteiger partial charge in [-0.3, -0.25) is 16.0 Å². The number of methoxy groups -OCH3 is 1. The van der Waals surface area contributed by atoms with Crippen LogP contribution >= 0.6 is 0 Å². The molecule has 3 N–H and O–H groups in total. The highest BCUT2D eigenvalue weighted by atomic mass is 16.5. The van der Waals surface area contributed by atoms with E-state index in [4.69, 9.17) is 9.47 Å². The first-order chi connectivity index (χ1) is 14.5. The fraction of sp³-hybridized carbons (Fsp3) is 1.00. The second-order valence-electron chi connectivity index (χ2n) is 10.4. The Morgan fingerprint density at radius 3 is 2.13 bits per heavy atom. The van der Waals surface area contributed by atoms with E-state index in [0.717, 1.165) is 50.5 Å². The zero-order chi connectivity index (χ0) is 21.3. The summed E-state index contributed by atoms with van der Waals surface area (Å²) in [6, 6.07) is 0.604. The molecule has 0 aromatic heterocycles. The van der Waals surface area contributed by atoms with Gasteiger partial charge in [-0.1, -0.05) is 13.8 Å². The van der Waals surface area contributed by atoms with Crippen LogP contribution in [0.15, 0.2) is 0 Å². The number of ether oxygens (including phenoxy) is 2. The summed E-state index contributed by atoms with van der Waals surface area (Å²) in [7, 11) is 4.06. The van der Waals surface area contributed by atoms with Crippen LogP contribution in [-0.2, 0) is 9.47 Å². The molecule has 1 saturated heterocycles. The van der Waals surface area contributed by atoms with Crippen LogP contribution in [-0.4, -0.2) is 76.4 Å². The molecule has 0 aromatic carbocycles. The molecule has 3 aliphatic rings. The second kappa shape index (κ2) is 12.7. The van der Waals surface area contributed by atoms with E-state index in [9.17, 15) is 0 Å². The Morgan fingerprint density at radius 1 is 0.900 bits per heavy atom. The lowest BCUT2D eigenvalue weighted by atomic mass is 9.78. The first-order valence-electron chi connectivity index (χ1n) is 12.6. The highest BCUT2D eigenvalue weighted by molar-refractivity contribution is 4.87. The van der Waals surface area contributed by atoms with Crippen molar-refractivity contribution in [2.24, 2.45) is 17.8 Å². The van der Waals surface area contributed by atoms with E-state index in [-0.39, 0.29) is 6.29 Å². The smallest absolute Gasteiger partial charge is 0.112 e. The van der Waals surface area contributed by atoms with Crippen molar-refractivity contribution in [2.75, 3.05) is 46.9 Å². The van der Waals surface area contributed by atoms with Crippen molar-refractivity contribution in [3.05, 3.63) is 0 Å². The quantitative estimate of drug-likeness (QED) is 0.501. The zero-order valence-corrected chi connectivity index (χ0v) is 20.0. The largest absolute Gasteiger partial charge is 0.381 e. The summed E-state index contributed by atoms with van der Waals surface area (Å²) in [5.74, 6) is 2.34. The lowest BCUT2D eigenvalue weighted by molar-refractivity contribution is 0.0104. The van der Waals surface area contributed by atoms with Gasteiger partial charge < -0.3 is 14.4 Å². The van der Waals surface area contributed by atoms with Gasteiger partial charge in [-0.2, -0.15) is 0 Å². The monoisotopic (exact) mass is 424 g/mol. The third-order valence-corrected chi connectivity index (χ3v) is 7.47. The summed E-state index contributed by atoms with van der Waals surface area (Å²) in [4.78, 5) is 2.38. The third-order valence-electron chi connectivity index (χ3n) is 7.47. The molecule has 176 valence electrons. The maximum absolute atomic E-state index is 6.16. The summed E-state index contributed by atoms with van der Waals surface area (Å²) >= 11 is 0. The van der Waals surface area contributed by atoms with E-state index in [0.29, 0.717) is 18.2 Å². The molecule has 30 heavy (non-hydrogen) atoms. The molecule has 0 spiro atoms. The van der Waals surface area contributed by atoms with Crippen molar-refractivity contribution in [1.82, 2.24) is 20.9 Å². The molecule has 6 nitrogen and oxygen atoms in total. The Bertz CT molecular complexity index is 454. The Morgan fingerprint density at radius 2 is 1.53 bits per heavy atom. The normalized spacial score (nSPS) is 35.8. The van der Waals surface area contributed by atoms with Crippen molar-refractivity contribution in [2.45, 2.75) is 89.8 Å². The first kappa shape index (κ1) is 24.4. The number of hydrogen-bond donors (Lipinski definition) is 3. The highest BCUT2D eigenvalue weighted by Crippen LogP contribution is 2.31. The maximum Gasteiger partial charge on any atom is 0.112 e. The standard InChI is InChI=1S/C24H48N4O2/c1-18(2)17-28(3)13-14-30-23-11-7-21(8-12-23)27-24-25-15-20(16-26-24)19-5-9-22(29-4)10-6-19/h18-27H,5-17H2,1-4H3. The van der Waals surface area contributed by atoms with Gasteiger partial charge in [0.15, 0.2) is 0 Å². The Kier molecular flexibility index (Phi) is 10.3. The minimum atomic E-state index is 0.267. The van der Waals surface area contributed by atoms with Crippen molar-refractivity contribution >= 4 is 0 Å². The Hall–Kier alpha value is -0.240. The molecular formula is C24H48N4O2.